The van der Waals surface area contributed by atoms with Gasteiger partial charge in [-0.2, -0.15) is 0 Å². The number of hydrogen-bond donors (Lipinski definition) is 1. The van der Waals surface area contributed by atoms with Crippen LogP contribution in [0.1, 0.15) is 34.9 Å². The van der Waals surface area contributed by atoms with Crippen LogP contribution >= 0.6 is 0 Å². The molecule has 1 amide bonds. The lowest BCUT2D eigenvalue weighted by Gasteiger charge is -2.16. The maximum atomic E-state index is 12.0. The van der Waals surface area contributed by atoms with Gasteiger partial charge in [0.2, 0.25) is 5.88 Å². The van der Waals surface area contributed by atoms with E-state index < -0.39 is 11.0 Å². The average molecular weight is 463 g/mol. The van der Waals surface area contributed by atoms with Crippen LogP contribution in [0.4, 0.5) is 0 Å². The number of amides is 1. The van der Waals surface area contributed by atoms with Gasteiger partial charge >= 0.3 is 0 Å². The van der Waals surface area contributed by atoms with Crippen molar-refractivity contribution in [3.8, 4) is 23.1 Å². The van der Waals surface area contributed by atoms with Crippen LogP contribution in [0.5, 0.6) is 23.1 Å². The fourth-order valence-electron chi connectivity index (χ4n) is 4.07. The highest BCUT2D eigenvalue weighted by molar-refractivity contribution is 7.93. The monoisotopic (exact) mass is 462 g/mol. The Hall–Kier alpha value is -3.65. The molecule has 7 nitrogen and oxygen atoms in total. The Kier molecular flexibility index (Phi) is 5.60. The van der Waals surface area contributed by atoms with Crippen molar-refractivity contribution in [2.24, 2.45) is 0 Å². The summed E-state index contributed by atoms with van der Waals surface area (Å²) in [6.07, 6.45) is 2.95. The van der Waals surface area contributed by atoms with Crippen molar-refractivity contribution in [2.45, 2.75) is 25.9 Å². The molecule has 1 unspecified atom stereocenters. The molecule has 3 aromatic rings. The summed E-state index contributed by atoms with van der Waals surface area (Å²) < 4.78 is 32.0. The van der Waals surface area contributed by atoms with E-state index in [1.54, 1.807) is 13.2 Å². The third kappa shape index (κ3) is 4.21. The number of ether oxygens (including phenoxy) is 3. The van der Waals surface area contributed by atoms with Crippen molar-refractivity contribution in [3.63, 3.8) is 0 Å². The van der Waals surface area contributed by atoms with E-state index >= 15 is 0 Å². The zero-order valence-electron chi connectivity index (χ0n) is 18.2. The van der Waals surface area contributed by atoms with Crippen molar-refractivity contribution < 1.29 is 23.2 Å². The lowest BCUT2D eigenvalue weighted by atomic mass is 10.1. The summed E-state index contributed by atoms with van der Waals surface area (Å²) in [5.41, 5.74) is 3.72. The van der Waals surface area contributed by atoms with Gasteiger partial charge in [0.05, 0.1) is 17.7 Å². The highest BCUT2D eigenvalue weighted by atomic mass is 32.2. The number of aryl methyl sites for hydroxylation is 1. The lowest BCUT2D eigenvalue weighted by Crippen LogP contribution is -2.16. The quantitative estimate of drug-likeness (QED) is 0.585. The molecule has 2 atom stereocenters. The number of nitrogens with zero attached hydrogens (tertiary/aromatic N) is 1. The Morgan fingerprint density at radius 1 is 1.06 bits per heavy atom. The van der Waals surface area contributed by atoms with Gasteiger partial charge in [0.1, 0.15) is 23.4 Å². The zero-order chi connectivity index (χ0) is 22.9. The molecule has 1 aliphatic heterocycles. The Bertz CT molecular complexity index is 1290. The number of carbonyl (C=O) groups excluding carboxylic acids is 1. The van der Waals surface area contributed by atoms with E-state index in [2.05, 4.69) is 15.8 Å². The van der Waals surface area contributed by atoms with E-state index in [0.29, 0.717) is 22.3 Å². The summed E-state index contributed by atoms with van der Waals surface area (Å²) in [4.78, 5) is 16.3. The minimum absolute atomic E-state index is 0.0902. The molecule has 8 heteroatoms. The van der Waals surface area contributed by atoms with Gasteiger partial charge in [0, 0.05) is 17.7 Å². The molecule has 0 fully saturated rings. The first kappa shape index (κ1) is 21.2. The summed E-state index contributed by atoms with van der Waals surface area (Å²) in [7, 11) is 0.0784. The van der Waals surface area contributed by atoms with Gasteiger partial charge in [-0.25, -0.2) is 9.19 Å². The second kappa shape index (κ2) is 8.71. The van der Waals surface area contributed by atoms with Gasteiger partial charge in [-0.15, -0.1) is 0 Å². The van der Waals surface area contributed by atoms with E-state index in [4.69, 9.17) is 14.2 Å². The van der Waals surface area contributed by atoms with Gasteiger partial charge in [0.25, 0.3) is 5.91 Å². The van der Waals surface area contributed by atoms with Gasteiger partial charge in [-0.1, -0.05) is 24.3 Å². The van der Waals surface area contributed by atoms with Crippen molar-refractivity contribution >= 4 is 21.8 Å². The highest BCUT2D eigenvalue weighted by Crippen LogP contribution is 2.41. The van der Waals surface area contributed by atoms with Crippen molar-refractivity contribution in [1.29, 1.82) is 0 Å². The number of rotatable bonds is 6. The molecule has 0 saturated heterocycles. The average Bonchev–Trinajstić information content (AvgIpc) is 3.38. The first-order valence-electron chi connectivity index (χ1n) is 10.5. The molecule has 2 heterocycles. The molecule has 0 saturated carbocycles. The van der Waals surface area contributed by atoms with Crippen LogP contribution in [0.25, 0.3) is 4.91 Å². The first-order valence-corrected chi connectivity index (χ1v) is 11.7. The zero-order valence-corrected chi connectivity index (χ0v) is 19.0. The van der Waals surface area contributed by atoms with E-state index in [1.807, 2.05) is 49.4 Å². The largest absolute Gasteiger partial charge is 0.486 e. The molecule has 2 aliphatic rings. The van der Waals surface area contributed by atoms with Gasteiger partial charge in [-0.3, -0.25) is 9.52 Å². The lowest BCUT2D eigenvalue weighted by molar-refractivity contribution is -0.114. The molecular weight excluding hydrogens is 440 g/mol. The third-order valence-corrected chi connectivity index (χ3v) is 6.83. The second-order valence-electron chi connectivity index (χ2n) is 7.78. The van der Waals surface area contributed by atoms with E-state index in [-0.39, 0.29) is 12.0 Å². The smallest absolute Gasteiger partial charge is 0.257 e. The fraction of sp³-hybridized carbons (Fsp3) is 0.200. The second-order valence-corrected chi connectivity index (χ2v) is 8.96. The van der Waals surface area contributed by atoms with Crippen LogP contribution in [0.15, 0.2) is 60.7 Å². The number of nitrogens with one attached hydrogen (secondary N) is 1. The van der Waals surface area contributed by atoms with Crippen molar-refractivity contribution in [3.05, 3.63) is 83.1 Å². The molecule has 0 bridgehead atoms. The molecule has 1 aliphatic carbocycles. The molecule has 1 aromatic heterocycles. The van der Waals surface area contributed by atoms with Crippen LogP contribution in [0, 0.1) is 6.92 Å². The first-order chi connectivity index (χ1) is 16.0. The van der Waals surface area contributed by atoms with Crippen LogP contribution < -0.4 is 18.9 Å². The van der Waals surface area contributed by atoms with E-state index in [0.717, 1.165) is 41.0 Å². The summed E-state index contributed by atoms with van der Waals surface area (Å²) in [5, 5.41) is 0. The van der Waals surface area contributed by atoms with Crippen LogP contribution in [0.2, 0.25) is 0 Å². The predicted molar refractivity (Wildman–Crippen MR) is 124 cm³/mol. The summed E-state index contributed by atoms with van der Waals surface area (Å²) >= 11 is 0. The van der Waals surface area contributed by atoms with Crippen LogP contribution in [-0.4, -0.2) is 22.2 Å². The molecule has 0 spiro atoms. The van der Waals surface area contributed by atoms with Gasteiger partial charge in [-0.05, 0) is 55.2 Å². The van der Waals surface area contributed by atoms with Crippen molar-refractivity contribution in [1.82, 2.24) is 9.71 Å². The minimum atomic E-state index is -1.51. The van der Waals surface area contributed by atoms with Crippen LogP contribution in [-0.2, 0) is 22.2 Å². The van der Waals surface area contributed by atoms with Gasteiger partial charge < -0.3 is 14.2 Å². The number of methoxy groups -OCH3 is 1. The molecule has 1 N–H and O–H groups in total. The normalized spacial score (nSPS) is 19.0. The summed E-state index contributed by atoms with van der Waals surface area (Å²) in [6, 6.07) is 16.9. The minimum Gasteiger partial charge on any atom is -0.486 e. The Morgan fingerprint density at radius 2 is 1.88 bits per heavy atom. The predicted octanol–water partition coefficient (Wildman–Crippen LogP) is 4.39. The van der Waals surface area contributed by atoms with E-state index in [9.17, 15) is 9.00 Å². The number of aromatic nitrogens is 1. The Labute approximate surface area is 194 Å². The summed E-state index contributed by atoms with van der Waals surface area (Å²) in [5.74, 6) is 2.41. The number of hydrogen-bond acceptors (Lipinski definition) is 6. The SMILES string of the molecule is COc1ccc(Oc2cccc3c2CC[C@H]3Oc2ccc(C3=CC(=O)NS3=O)cc2)c(C)n1. The molecule has 0 radical (unpaired) electrons. The Balaban J connectivity index is 1.33. The van der Waals surface area contributed by atoms with Crippen molar-refractivity contribution in [2.75, 3.05) is 7.11 Å². The number of pyridine rings is 1. The standard InChI is InChI=1S/C25H22N2O5S/c1-15-20(12-13-25(26-15)30-2)32-21-5-3-4-18-19(21)10-11-22(18)31-17-8-6-16(7-9-17)23-14-24(28)27-33(23)29/h3-9,12-14,22H,10-11H2,1-2H3,(H,27,28)/t22-,33?/m1/s1. The Morgan fingerprint density at radius 3 is 2.58 bits per heavy atom. The van der Waals surface area contributed by atoms with E-state index in [1.165, 1.54) is 6.08 Å². The molecule has 2 aromatic carbocycles. The maximum Gasteiger partial charge on any atom is 0.257 e. The molecule has 5 rings (SSSR count). The third-order valence-electron chi connectivity index (χ3n) is 5.69. The van der Waals surface area contributed by atoms with Crippen LogP contribution in [0.3, 0.4) is 0 Å². The molecule has 168 valence electrons. The summed E-state index contributed by atoms with van der Waals surface area (Å²) in [6.45, 7) is 1.89. The number of carbonyl (C=O) groups is 1. The molecular formula is C25H22N2O5S. The molecule has 33 heavy (non-hydrogen) atoms. The topological polar surface area (TPSA) is 86.8 Å². The fourth-order valence-corrected chi connectivity index (χ4v) is 4.98. The number of benzene rings is 2. The maximum absolute atomic E-state index is 12.0. The van der Waals surface area contributed by atoms with Gasteiger partial charge in [0.15, 0.2) is 11.0 Å². The highest BCUT2D eigenvalue weighted by Gasteiger charge is 2.27. The number of fused-ring (bicyclic) bond motifs is 1.